The summed E-state index contributed by atoms with van der Waals surface area (Å²) >= 11 is 0. The van der Waals surface area contributed by atoms with Crippen molar-refractivity contribution in [1.29, 1.82) is 0 Å². The van der Waals surface area contributed by atoms with E-state index in [4.69, 9.17) is 0 Å². The van der Waals surface area contributed by atoms with Crippen molar-refractivity contribution in [2.75, 3.05) is 6.54 Å². The van der Waals surface area contributed by atoms with Crippen LogP contribution in [0.1, 0.15) is 26.6 Å². The van der Waals surface area contributed by atoms with Gasteiger partial charge in [-0.3, -0.25) is 9.59 Å². The number of amides is 2. The first-order valence-electron chi connectivity index (χ1n) is 6.22. The summed E-state index contributed by atoms with van der Waals surface area (Å²) in [5.74, 6) is 0.315. The summed E-state index contributed by atoms with van der Waals surface area (Å²) in [6.45, 7) is 6.12. The fraction of sp³-hybridized carbons (Fsp3) is 0.538. The maximum atomic E-state index is 12.1. The lowest BCUT2D eigenvalue weighted by molar-refractivity contribution is -0.150. The van der Waals surface area contributed by atoms with Gasteiger partial charge in [-0.25, -0.2) is 9.97 Å². The number of piperazine rings is 1. The monoisotopic (exact) mass is 262 g/mol. The zero-order valence-corrected chi connectivity index (χ0v) is 11.4. The number of carbonyl (C=O) groups excluding carboxylic acids is 2. The second-order valence-electron chi connectivity index (χ2n) is 5.67. The summed E-state index contributed by atoms with van der Waals surface area (Å²) in [5, 5.41) is 2.63. The standard InChI is InChI=1S/C13H18N4O2/c1-13(2,3)11-12(19)16-7-10(18)17(11)8-9-14-5-4-6-15-9/h4-6,11H,7-8H2,1-3H3,(H,16,19). The third-order valence-electron chi connectivity index (χ3n) is 3.05. The molecule has 1 N–H and O–H groups in total. The highest BCUT2D eigenvalue weighted by Crippen LogP contribution is 2.27. The molecule has 2 heterocycles. The Hall–Kier alpha value is -1.98. The summed E-state index contributed by atoms with van der Waals surface area (Å²) in [5.41, 5.74) is -0.338. The second-order valence-corrected chi connectivity index (χ2v) is 5.67. The summed E-state index contributed by atoms with van der Waals surface area (Å²) in [7, 11) is 0. The van der Waals surface area contributed by atoms with Gasteiger partial charge >= 0.3 is 0 Å². The minimum absolute atomic E-state index is 0.0399. The van der Waals surface area contributed by atoms with E-state index in [-0.39, 0.29) is 30.3 Å². The topological polar surface area (TPSA) is 75.2 Å². The van der Waals surface area contributed by atoms with E-state index in [1.165, 1.54) is 0 Å². The lowest BCUT2D eigenvalue weighted by Gasteiger charge is -2.41. The highest BCUT2D eigenvalue weighted by Gasteiger charge is 2.42. The zero-order valence-electron chi connectivity index (χ0n) is 11.4. The van der Waals surface area contributed by atoms with E-state index in [1.807, 2.05) is 20.8 Å². The van der Waals surface area contributed by atoms with Crippen molar-refractivity contribution in [2.45, 2.75) is 33.4 Å². The first kappa shape index (κ1) is 13.5. The molecule has 0 aromatic carbocycles. The third-order valence-corrected chi connectivity index (χ3v) is 3.05. The van der Waals surface area contributed by atoms with Crippen LogP contribution < -0.4 is 5.32 Å². The van der Waals surface area contributed by atoms with E-state index in [9.17, 15) is 9.59 Å². The van der Waals surface area contributed by atoms with Gasteiger partial charge in [0.1, 0.15) is 11.9 Å². The number of rotatable bonds is 2. The lowest BCUT2D eigenvalue weighted by atomic mass is 9.84. The van der Waals surface area contributed by atoms with Gasteiger partial charge in [0.15, 0.2) is 0 Å². The molecule has 0 saturated carbocycles. The molecule has 1 saturated heterocycles. The van der Waals surface area contributed by atoms with Gasteiger partial charge in [0.25, 0.3) is 0 Å². The van der Waals surface area contributed by atoms with Gasteiger partial charge in [-0.1, -0.05) is 20.8 Å². The Kier molecular flexibility index (Phi) is 3.50. The SMILES string of the molecule is CC(C)(C)C1C(=O)NCC(=O)N1Cc1ncccn1. The first-order chi connectivity index (χ1) is 8.89. The second kappa shape index (κ2) is 4.95. The maximum absolute atomic E-state index is 12.1. The predicted molar refractivity (Wildman–Crippen MR) is 68.8 cm³/mol. The van der Waals surface area contributed by atoms with Gasteiger partial charge in [0.2, 0.25) is 11.8 Å². The van der Waals surface area contributed by atoms with Gasteiger partial charge in [-0.05, 0) is 11.5 Å². The Balaban J connectivity index is 2.27. The van der Waals surface area contributed by atoms with E-state index < -0.39 is 6.04 Å². The van der Waals surface area contributed by atoms with E-state index in [1.54, 1.807) is 23.4 Å². The molecule has 0 aliphatic carbocycles. The number of nitrogens with one attached hydrogen (secondary N) is 1. The van der Waals surface area contributed by atoms with Gasteiger partial charge < -0.3 is 10.2 Å². The quantitative estimate of drug-likeness (QED) is 0.834. The van der Waals surface area contributed by atoms with Gasteiger partial charge in [-0.15, -0.1) is 0 Å². The number of carbonyl (C=O) groups is 2. The van der Waals surface area contributed by atoms with Crippen molar-refractivity contribution in [3.63, 3.8) is 0 Å². The fourth-order valence-corrected chi connectivity index (χ4v) is 2.25. The predicted octanol–water partition coefficient (Wildman–Crippen LogP) is 0.350. The largest absolute Gasteiger partial charge is 0.345 e. The molecule has 2 rings (SSSR count). The van der Waals surface area contributed by atoms with Crippen LogP contribution in [-0.4, -0.2) is 39.3 Å². The zero-order chi connectivity index (χ0) is 14.0. The van der Waals surface area contributed by atoms with Crippen LogP contribution in [0, 0.1) is 5.41 Å². The molecule has 2 amide bonds. The normalized spacial score (nSPS) is 20.4. The molecule has 1 atom stereocenters. The number of hydrogen-bond donors (Lipinski definition) is 1. The number of nitrogens with zero attached hydrogens (tertiary/aromatic N) is 3. The van der Waals surface area contributed by atoms with Crippen LogP contribution in [0.5, 0.6) is 0 Å². The average molecular weight is 262 g/mol. The summed E-state index contributed by atoms with van der Waals surface area (Å²) < 4.78 is 0. The molecule has 1 aliphatic rings. The molecule has 0 spiro atoms. The van der Waals surface area contributed by atoms with Crippen LogP contribution in [-0.2, 0) is 16.1 Å². The van der Waals surface area contributed by atoms with Gasteiger partial charge in [-0.2, -0.15) is 0 Å². The Morgan fingerprint density at radius 3 is 2.53 bits per heavy atom. The van der Waals surface area contributed by atoms with Crippen molar-refractivity contribution in [1.82, 2.24) is 20.2 Å². The first-order valence-corrected chi connectivity index (χ1v) is 6.22. The molecule has 6 heteroatoms. The highest BCUT2D eigenvalue weighted by molar-refractivity contribution is 5.95. The maximum Gasteiger partial charge on any atom is 0.243 e. The van der Waals surface area contributed by atoms with Gasteiger partial charge in [0, 0.05) is 12.4 Å². The molecule has 102 valence electrons. The molecule has 1 fully saturated rings. The van der Waals surface area contributed by atoms with Crippen molar-refractivity contribution in [3.05, 3.63) is 24.3 Å². The number of hydrogen-bond acceptors (Lipinski definition) is 4. The van der Waals surface area contributed by atoms with Crippen LogP contribution >= 0.6 is 0 Å². The van der Waals surface area contributed by atoms with Crippen molar-refractivity contribution in [2.24, 2.45) is 5.41 Å². The van der Waals surface area contributed by atoms with Crippen LogP contribution in [0.4, 0.5) is 0 Å². The molecule has 6 nitrogen and oxygen atoms in total. The smallest absolute Gasteiger partial charge is 0.243 e. The Labute approximate surface area is 112 Å². The third kappa shape index (κ3) is 2.89. The fourth-order valence-electron chi connectivity index (χ4n) is 2.25. The molecule has 1 aromatic rings. The summed E-state index contributed by atoms with van der Waals surface area (Å²) in [6, 6.07) is 1.22. The molecule has 0 radical (unpaired) electrons. The molecule has 1 unspecified atom stereocenters. The molecule has 0 bridgehead atoms. The van der Waals surface area contributed by atoms with Crippen molar-refractivity contribution in [3.8, 4) is 0 Å². The van der Waals surface area contributed by atoms with Crippen LogP contribution in [0.15, 0.2) is 18.5 Å². The van der Waals surface area contributed by atoms with E-state index in [0.717, 1.165) is 0 Å². The molecule has 1 aromatic heterocycles. The number of aromatic nitrogens is 2. The molecular formula is C13H18N4O2. The highest BCUT2D eigenvalue weighted by atomic mass is 16.2. The summed E-state index contributed by atoms with van der Waals surface area (Å²) in [6.07, 6.45) is 3.26. The van der Waals surface area contributed by atoms with Crippen LogP contribution in [0.3, 0.4) is 0 Å². The Morgan fingerprint density at radius 1 is 1.32 bits per heavy atom. The van der Waals surface area contributed by atoms with Crippen molar-refractivity contribution < 1.29 is 9.59 Å². The van der Waals surface area contributed by atoms with Crippen LogP contribution in [0.25, 0.3) is 0 Å². The molecule has 1 aliphatic heterocycles. The molecule has 19 heavy (non-hydrogen) atoms. The Bertz CT molecular complexity index is 481. The minimum atomic E-state index is -0.502. The minimum Gasteiger partial charge on any atom is -0.345 e. The van der Waals surface area contributed by atoms with Crippen LogP contribution in [0.2, 0.25) is 0 Å². The van der Waals surface area contributed by atoms with E-state index in [0.29, 0.717) is 5.82 Å². The average Bonchev–Trinajstić information content (AvgIpc) is 2.33. The van der Waals surface area contributed by atoms with E-state index >= 15 is 0 Å². The van der Waals surface area contributed by atoms with E-state index in [2.05, 4.69) is 15.3 Å². The Morgan fingerprint density at radius 2 is 1.95 bits per heavy atom. The molecular weight excluding hydrogens is 244 g/mol. The van der Waals surface area contributed by atoms with Gasteiger partial charge in [0.05, 0.1) is 13.1 Å². The lowest BCUT2D eigenvalue weighted by Crippen LogP contribution is -2.62. The van der Waals surface area contributed by atoms with Crippen molar-refractivity contribution >= 4 is 11.8 Å². The summed E-state index contributed by atoms with van der Waals surface area (Å²) in [4.78, 5) is 33.9.